The van der Waals surface area contributed by atoms with Crippen molar-refractivity contribution in [1.82, 2.24) is 15.0 Å². The van der Waals surface area contributed by atoms with Crippen LogP contribution in [0.4, 0.5) is 11.9 Å². The number of aromatic nitrogens is 3. The molecule has 0 unspecified atom stereocenters. The summed E-state index contributed by atoms with van der Waals surface area (Å²) < 4.78 is 5.30. The van der Waals surface area contributed by atoms with Crippen molar-refractivity contribution in [1.29, 1.82) is 0 Å². The number of ether oxygens (including phenoxy) is 1. The Morgan fingerprint density at radius 2 is 2.00 bits per heavy atom. The standard InChI is InChI=1S/C13H16ClN5O/c1-3-20-13-18-11(15-2)17-12(19-13)16-8-9-5-4-6-10(14)7-9/h4-7H,3,8H2,1-2H3,(H2,15,16,17,18,19). The van der Waals surface area contributed by atoms with E-state index in [1.807, 2.05) is 31.2 Å². The number of rotatable bonds is 6. The Bertz CT molecular complexity index is 578. The van der Waals surface area contributed by atoms with Gasteiger partial charge in [-0.05, 0) is 24.6 Å². The highest BCUT2D eigenvalue weighted by Gasteiger charge is 2.06. The number of halogens is 1. The Morgan fingerprint density at radius 3 is 2.70 bits per heavy atom. The quantitative estimate of drug-likeness (QED) is 0.853. The van der Waals surface area contributed by atoms with Gasteiger partial charge in [-0.1, -0.05) is 23.7 Å². The monoisotopic (exact) mass is 293 g/mol. The lowest BCUT2D eigenvalue weighted by atomic mass is 10.2. The fourth-order valence-corrected chi connectivity index (χ4v) is 1.78. The first kappa shape index (κ1) is 14.3. The van der Waals surface area contributed by atoms with Crippen LogP contribution in [0.15, 0.2) is 24.3 Å². The molecule has 0 aliphatic heterocycles. The molecule has 6 nitrogen and oxygen atoms in total. The maximum absolute atomic E-state index is 5.94. The van der Waals surface area contributed by atoms with Crippen LogP contribution in [0, 0.1) is 0 Å². The average molecular weight is 294 g/mol. The first-order valence-corrected chi connectivity index (χ1v) is 6.64. The Hall–Kier alpha value is -2.08. The normalized spacial score (nSPS) is 10.2. The first-order chi connectivity index (χ1) is 9.71. The molecule has 0 saturated carbocycles. The van der Waals surface area contributed by atoms with E-state index >= 15 is 0 Å². The van der Waals surface area contributed by atoms with Crippen molar-refractivity contribution in [3.8, 4) is 6.01 Å². The second-order valence-corrected chi connectivity index (χ2v) is 4.37. The van der Waals surface area contributed by atoms with E-state index in [9.17, 15) is 0 Å². The number of benzene rings is 1. The Morgan fingerprint density at radius 1 is 1.20 bits per heavy atom. The van der Waals surface area contributed by atoms with Crippen LogP contribution in [-0.4, -0.2) is 28.6 Å². The molecule has 0 aliphatic rings. The lowest BCUT2D eigenvalue weighted by Gasteiger charge is -2.08. The largest absolute Gasteiger partial charge is 0.464 e. The van der Waals surface area contributed by atoms with Gasteiger partial charge in [-0.3, -0.25) is 0 Å². The second kappa shape index (κ2) is 6.91. The van der Waals surface area contributed by atoms with E-state index in [1.54, 1.807) is 7.05 Å². The van der Waals surface area contributed by atoms with Gasteiger partial charge in [0.05, 0.1) is 6.61 Å². The molecular weight excluding hydrogens is 278 g/mol. The van der Waals surface area contributed by atoms with E-state index in [0.29, 0.717) is 36.1 Å². The van der Waals surface area contributed by atoms with Crippen molar-refractivity contribution in [2.75, 3.05) is 24.3 Å². The minimum Gasteiger partial charge on any atom is -0.464 e. The molecule has 0 saturated heterocycles. The summed E-state index contributed by atoms with van der Waals surface area (Å²) >= 11 is 5.94. The zero-order valence-corrected chi connectivity index (χ0v) is 12.1. The van der Waals surface area contributed by atoms with Crippen LogP contribution in [0.25, 0.3) is 0 Å². The highest BCUT2D eigenvalue weighted by atomic mass is 35.5. The first-order valence-electron chi connectivity index (χ1n) is 6.26. The highest BCUT2D eigenvalue weighted by molar-refractivity contribution is 6.30. The van der Waals surface area contributed by atoms with Gasteiger partial charge in [0.2, 0.25) is 11.9 Å². The van der Waals surface area contributed by atoms with E-state index in [4.69, 9.17) is 16.3 Å². The third-order valence-corrected chi connectivity index (χ3v) is 2.69. The summed E-state index contributed by atoms with van der Waals surface area (Å²) in [4.78, 5) is 12.5. The third kappa shape index (κ3) is 3.96. The van der Waals surface area contributed by atoms with E-state index in [1.165, 1.54) is 0 Å². The van der Waals surface area contributed by atoms with E-state index < -0.39 is 0 Å². The molecule has 0 atom stereocenters. The molecule has 1 aromatic carbocycles. The molecule has 0 spiro atoms. The summed E-state index contributed by atoms with van der Waals surface area (Å²) in [5.74, 6) is 0.907. The lowest BCUT2D eigenvalue weighted by Crippen LogP contribution is -2.09. The van der Waals surface area contributed by atoms with Crippen LogP contribution >= 0.6 is 11.6 Å². The predicted octanol–water partition coefficient (Wildman–Crippen LogP) is 2.58. The molecule has 0 aliphatic carbocycles. The molecule has 7 heteroatoms. The van der Waals surface area contributed by atoms with Crippen molar-refractivity contribution in [3.63, 3.8) is 0 Å². The fourth-order valence-electron chi connectivity index (χ4n) is 1.57. The summed E-state index contributed by atoms with van der Waals surface area (Å²) in [5.41, 5.74) is 1.04. The summed E-state index contributed by atoms with van der Waals surface area (Å²) in [7, 11) is 1.74. The van der Waals surface area contributed by atoms with Crippen LogP contribution in [0.2, 0.25) is 5.02 Å². The number of nitrogens with zero attached hydrogens (tertiary/aromatic N) is 3. The van der Waals surface area contributed by atoms with E-state index in [0.717, 1.165) is 5.56 Å². The summed E-state index contributed by atoms with van der Waals surface area (Å²) in [6.45, 7) is 2.95. The molecule has 20 heavy (non-hydrogen) atoms. The van der Waals surface area contributed by atoms with E-state index in [2.05, 4.69) is 25.6 Å². The van der Waals surface area contributed by atoms with Gasteiger partial charge in [-0.25, -0.2) is 0 Å². The smallest absolute Gasteiger partial charge is 0.323 e. The van der Waals surface area contributed by atoms with Crippen molar-refractivity contribution < 1.29 is 4.74 Å². The van der Waals surface area contributed by atoms with Crippen molar-refractivity contribution >= 4 is 23.5 Å². The number of hydrogen-bond acceptors (Lipinski definition) is 6. The number of anilines is 2. The number of nitrogens with one attached hydrogen (secondary N) is 2. The predicted molar refractivity (Wildman–Crippen MR) is 79.3 cm³/mol. The van der Waals surface area contributed by atoms with Gasteiger partial charge in [0.25, 0.3) is 0 Å². The molecule has 106 valence electrons. The van der Waals surface area contributed by atoms with Crippen LogP contribution < -0.4 is 15.4 Å². The molecule has 2 N–H and O–H groups in total. The molecular formula is C13H16ClN5O. The minimum atomic E-state index is 0.292. The Balaban J connectivity index is 2.10. The van der Waals surface area contributed by atoms with Gasteiger partial charge < -0.3 is 15.4 Å². The molecule has 0 fully saturated rings. The van der Waals surface area contributed by atoms with E-state index in [-0.39, 0.29) is 0 Å². The molecule has 1 aromatic heterocycles. The zero-order valence-electron chi connectivity index (χ0n) is 11.4. The van der Waals surface area contributed by atoms with Gasteiger partial charge in [0.15, 0.2) is 0 Å². The molecule has 0 radical (unpaired) electrons. The van der Waals surface area contributed by atoms with Gasteiger partial charge in [0.1, 0.15) is 0 Å². The van der Waals surface area contributed by atoms with Crippen LogP contribution in [0.5, 0.6) is 6.01 Å². The lowest BCUT2D eigenvalue weighted by molar-refractivity contribution is 0.312. The maximum Gasteiger partial charge on any atom is 0.323 e. The van der Waals surface area contributed by atoms with Gasteiger partial charge >= 0.3 is 6.01 Å². The van der Waals surface area contributed by atoms with Gasteiger partial charge in [-0.2, -0.15) is 15.0 Å². The van der Waals surface area contributed by atoms with Crippen LogP contribution in [-0.2, 0) is 6.54 Å². The zero-order chi connectivity index (χ0) is 14.4. The van der Waals surface area contributed by atoms with Crippen molar-refractivity contribution in [2.45, 2.75) is 13.5 Å². The van der Waals surface area contributed by atoms with Crippen LogP contribution in [0.3, 0.4) is 0 Å². The second-order valence-electron chi connectivity index (χ2n) is 3.93. The SMILES string of the molecule is CCOc1nc(NC)nc(NCc2cccc(Cl)c2)n1. The van der Waals surface area contributed by atoms with Crippen molar-refractivity contribution in [3.05, 3.63) is 34.9 Å². The van der Waals surface area contributed by atoms with Gasteiger partial charge in [0, 0.05) is 18.6 Å². The Labute approximate surface area is 122 Å². The maximum atomic E-state index is 5.94. The fraction of sp³-hybridized carbons (Fsp3) is 0.308. The summed E-state index contributed by atoms with van der Waals surface area (Å²) in [5, 5.41) is 6.69. The molecule has 0 amide bonds. The van der Waals surface area contributed by atoms with Gasteiger partial charge in [-0.15, -0.1) is 0 Å². The molecule has 2 aromatic rings. The summed E-state index contributed by atoms with van der Waals surface area (Å²) in [6, 6.07) is 7.89. The summed E-state index contributed by atoms with van der Waals surface area (Å²) in [6.07, 6.45) is 0. The number of hydrogen-bond donors (Lipinski definition) is 2. The Kier molecular flexibility index (Phi) is 4.95. The van der Waals surface area contributed by atoms with Crippen LogP contribution in [0.1, 0.15) is 12.5 Å². The molecule has 0 bridgehead atoms. The van der Waals surface area contributed by atoms with Crippen molar-refractivity contribution in [2.24, 2.45) is 0 Å². The molecule has 1 heterocycles. The third-order valence-electron chi connectivity index (χ3n) is 2.45. The average Bonchev–Trinajstić information content (AvgIpc) is 2.45. The minimum absolute atomic E-state index is 0.292. The molecule has 2 rings (SSSR count). The highest BCUT2D eigenvalue weighted by Crippen LogP contribution is 2.14. The topological polar surface area (TPSA) is 72.0 Å².